The maximum atomic E-state index is 13.2. The van der Waals surface area contributed by atoms with E-state index in [1.54, 1.807) is 0 Å². The fourth-order valence-electron chi connectivity index (χ4n) is 2.91. The van der Waals surface area contributed by atoms with Gasteiger partial charge in [0.25, 0.3) is 0 Å². The van der Waals surface area contributed by atoms with Crippen LogP contribution in [-0.2, 0) is 19.2 Å². The van der Waals surface area contributed by atoms with Crippen LogP contribution in [-0.4, -0.2) is 48.2 Å². The van der Waals surface area contributed by atoms with Crippen molar-refractivity contribution >= 4 is 23.5 Å². The highest BCUT2D eigenvalue weighted by molar-refractivity contribution is 5.94. The minimum absolute atomic E-state index is 0.0993. The molecule has 0 heterocycles. The van der Waals surface area contributed by atoms with Crippen molar-refractivity contribution in [1.29, 1.82) is 0 Å². The normalized spacial score (nSPS) is 15.5. The van der Waals surface area contributed by atoms with Gasteiger partial charge in [0.05, 0.1) is 12.6 Å². The average Bonchev–Trinajstić information content (AvgIpc) is 2.54. The van der Waals surface area contributed by atoms with Gasteiger partial charge in [-0.15, -0.1) is 0 Å². The largest absolute Gasteiger partial charge is 0.347 e. The molecule has 3 amide bonds. The number of hydrogen-bond acceptors (Lipinski definition) is 5. The molecule has 8 heteroatoms. The van der Waals surface area contributed by atoms with Gasteiger partial charge >= 0.3 is 0 Å². The SMILES string of the molecule is CC(=O)CNC(=O)C(CC(C)(C)C)NC(=O)C(CC(C)(C)C)NC(=O)C(N)C(C)(C)C. The molecule has 0 aromatic rings. The van der Waals surface area contributed by atoms with Crippen molar-refractivity contribution in [1.82, 2.24) is 16.0 Å². The lowest BCUT2D eigenvalue weighted by Crippen LogP contribution is -2.58. The van der Waals surface area contributed by atoms with Crippen molar-refractivity contribution in [3.63, 3.8) is 0 Å². The molecule has 0 aliphatic rings. The van der Waals surface area contributed by atoms with E-state index in [0.29, 0.717) is 12.8 Å². The summed E-state index contributed by atoms with van der Waals surface area (Å²) in [6.45, 7) is 18.6. The van der Waals surface area contributed by atoms with E-state index in [2.05, 4.69) is 16.0 Å². The number of nitrogens with one attached hydrogen (secondary N) is 3. The van der Waals surface area contributed by atoms with Gasteiger partial charge in [-0.2, -0.15) is 0 Å². The van der Waals surface area contributed by atoms with Gasteiger partial charge in [0, 0.05) is 0 Å². The van der Waals surface area contributed by atoms with Gasteiger partial charge < -0.3 is 21.7 Å². The molecule has 0 aromatic heterocycles. The van der Waals surface area contributed by atoms with Crippen LogP contribution in [0.3, 0.4) is 0 Å². The number of Topliss-reactive ketones (excluding diaryl/α,β-unsaturated/α-hetero) is 1. The predicted octanol–water partition coefficient (Wildman–Crippen LogP) is 1.91. The quantitative estimate of drug-likeness (QED) is 0.435. The Kier molecular flexibility index (Phi) is 10.4. The summed E-state index contributed by atoms with van der Waals surface area (Å²) in [7, 11) is 0. The van der Waals surface area contributed by atoms with Gasteiger partial charge in [-0.3, -0.25) is 19.2 Å². The Balaban J connectivity index is 5.62. The van der Waals surface area contributed by atoms with Crippen LogP contribution in [0.1, 0.15) is 82.1 Å². The highest BCUT2D eigenvalue weighted by Gasteiger charge is 2.34. The zero-order valence-electron chi connectivity index (χ0n) is 21.1. The highest BCUT2D eigenvalue weighted by Crippen LogP contribution is 2.24. The number of carbonyl (C=O) groups excluding carboxylic acids is 4. The van der Waals surface area contributed by atoms with E-state index in [0.717, 1.165) is 0 Å². The number of hydrogen-bond donors (Lipinski definition) is 4. The van der Waals surface area contributed by atoms with E-state index >= 15 is 0 Å². The molecule has 0 aromatic carbocycles. The first kappa shape index (κ1) is 29.0. The molecule has 0 rings (SSSR count). The van der Waals surface area contributed by atoms with E-state index in [1.807, 2.05) is 62.3 Å². The summed E-state index contributed by atoms with van der Waals surface area (Å²) in [6, 6.07) is -2.46. The second kappa shape index (κ2) is 11.1. The van der Waals surface area contributed by atoms with Gasteiger partial charge in [0.1, 0.15) is 17.9 Å². The van der Waals surface area contributed by atoms with Crippen LogP contribution in [0.2, 0.25) is 0 Å². The predicted molar refractivity (Wildman–Crippen MR) is 123 cm³/mol. The second-order valence-corrected chi connectivity index (χ2v) is 11.9. The molecule has 0 fully saturated rings. The Morgan fingerprint density at radius 1 is 0.710 bits per heavy atom. The van der Waals surface area contributed by atoms with Crippen LogP contribution in [0.25, 0.3) is 0 Å². The highest BCUT2D eigenvalue weighted by atomic mass is 16.2. The van der Waals surface area contributed by atoms with E-state index in [1.165, 1.54) is 6.92 Å². The molecule has 31 heavy (non-hydrogen) atoms. The third-order valence-corrected chi connectivity index (χ3v) is 4.63. The summed E-state index contributed by atoms with van der Waals surface area (Å²) in [6.07, 6.45) is 0.749. The van der Waals surface area contributed by atoms with E-state index in [9.17, 15) is 19.2 Å². The maximum Gasteiger partial charge on any atom is 0.243 e. The Bertz CT molecular complexity index is 654. The fraction of sp³-hybridized carbons (Fsp3) is 0.826. The fourth-order valence-corrected chi connectivity index (χ4v) is 2.91. The number of nitrogens with two attached hydrogens (primary N) is 1. The summed E-state index contributed by atoms with van der Waals surface area (Å²) in [5, 5.41) is 8.13. The van der Waals surface area contributed by atoms with Crippen molar-refractivity contribution in [2.24, 2.45) is 22.0 Å². The summed E-state index contributed by atoms with van der Waals surface area (Å²) in [5.74, 6) is -1.46. The maximum absolute atomic E-state index is 13.2. The zero-order valence-corrected chi connectivity index (χ0v) is 21.1. The smallest absolute Gasteiger partial charge is 0.243 e. The molecular formula is C23H44N4O4. The standard InChI is InChI=1S/C23H44N4O4/c1-14(28)13-25-18(29)15(11-21(2,3)4)26-19(30)16(12-22(5,6)7)27-20(31)17(24)23(8,9)10/h15-17H,11-13,24H2,1-10H3,(H,25,29)(H,26,30)(H,27,31). The van der Waals surface area contributed by atoms with Crippen LogP contribution < -0.4 is 21.7 Å². The molecule has 8 nitrogen and oxygen atoms in total. The Morgan fingerprint density at radius 3 is 1.45 bits per heavy atom. The third-order valence-electron chi connectivity index (χ3n) is 4.63. The number of rotatable bonds is 9. The molecule has 3 unspecified atom stereocenters. The molecule has 0 aliphatic carbocycles. The molecule has 3 atom stereocenters. The summed E-state index contributed by atoms with van der Waals surface area (Å²) >= 11 is 0. The van der Waals surface area contributed by atoms with Gasteiger partial charge in [0.15, 0.2) is 0 Å². The Morgan fingerprint density at radius 2 is 1.10 bits per heavy atom. The Labute approximate surface area is 187 Å². The van der Waals surface area contributed by atoms with Crippen molar-refractivity contribution < 1.29 is 19.2 Å². The lowest BCUT2D eigenvalue weighted by atomic mass is 9.84. The lowest BCUT2D eigenvalue weighted by molar-refractivity contribution is -0.134. The number of amides is 3. The van der Waals surface area contributed by atoms with Gasteiger partial charge in [-0.05, 0) is 36.0 Å². The number of ketones is 1. The first-order valence-electron chi connectivity index (χ1n) is 10.9. The van der Waals surface area contributed by atoms with Crippen LogP contribution in [0.5, 0.6) is 0 Å². The van der Waals surface area contributed by atoms with E-state index in [4.69, 9.17) is 5.73 Å². The van der Waals surface area contributed by atoms with E-state index < -0.39 is 41.3 Å². The van der Waals surface area contributed by atoms with Crippen molar-refractivity contribution in [2.75, 3.05) is 6.54 Å². The zero-order chi connectivity index (χ0) is 24.8. The first-order chi connectivity index (χ1) is 13.7. The van der Waals surface area contributed by atoms with Crippen LogP contribution in [0.15, 0.2) is 0 Å². The minimum Gasteiger partial charge on any atom is -0.347 e. The summed E-state index contributed by atoms with van der Waals surface area (Å²) in [5.41, 5.74) is 5.10. The lowest BCUT2D eigenvalue weighted by Gasteiger charge is -2.32. The summed E-state index contributed by atoms with van der Waals surface area (Å²) in [4.78, 5) is 49.7. The molecule has 5 N–H and O–H groups in total. The molecule has 0 spiro atoms. The molecule has 0 saturated carbocycles. The van der Waals surface area contributed by atoms with Crippen molar-refractivity contribution in [2.45, 2.75) is 100 Å². The van der Waals surface area contributed by atoms with Crippen LogP contribution >= 0.6 is 0 Å². The van der Waals surface area contributed by atoms with Crippen LogP contribution in [0, 0.1) is 16.2 Å². The first-order valence-corrected chi connectivity index (χ1v) is 10.9. The van der Waals surface area contributed by atoms with Gasteiger partial charge in [-0.1, -0.05) is 62.3 Å². The van der Waals surface area contributed by atoms with Crippen LogP contribution in [0.4, 0.5) is 0 Å². The molecule has 180 valence electrons. The minimum atomic E-state index is -0.844. The number of carbonyl (C=O) groups is 4. The monoisotopic (exact) mass is 440 g/mol. The van der Waals surface area contributed by atoms with E-state index in [-0.39, 0.29) is 23.2 Å². The van der Waals surface area contributed by atoms with Crippen molar-refractivity contribution in [3.05, 3.63) is 0 Å². The summed E-state index contributed by atoms with van der Waals surface area (Å²) < 4.78 is 0. The molecular weight excluding hydrogens is 396 g/mol. The Hall–Kier alpha value is -1.96. The second-order valence-electron chi connectivity index (χ2n) is 11.9. The molecule has 0 aliphatic heterocycles. The van der Waals surface area contributed by atoms with Crippen molar-refractivity contribution in [3.8, 4) is 0 Å². The topological polar surface area (TPSA) is 130 Å². The van der Waals surface area contributed by atoms with Gasteiger partial charge in [-0.25, -0.2) is 0 Å². The molecule has 0 radical (unpaired) electrons. The molecule has 0 bridgehead atoms. The van der Waals surface area contributed by atoms with Gasteiger partial charge in [0.2, 0.25) is 17.7 Å². The molecule has 0 saturated heterocycles. The average molecular weight is 441 g/mol. The third kappa shape index (κ3) is 12.5.